The average molecular weight is 491 g/mol. The molecule has 1 unspecified atom stereocenters. The molecule has 1 atom stereocenters. The minimum absolute atomic E-state index is 0.000561. The van der Waals surface area contributed by atoms with Crippen LogP contribution in [-0.4, -0.2) is 28.9 Å². The SMILES string of the molecule is COc1cccc(C2/C(=C(\O)c3ccc(C)cc3)C(=O)C(=O)N2c2nc3ccc(Cl)cc3s2)c1. The molecule has 1 aromatic heterocycles. The first kappa shape index (κ1) is 22.1. The number of hydrogen-bond donors (Lipinski definition) is 1. The minimum atomic E-state index is -0.882. The zero-order chi connectivity index (χ0) is 24.0. The number of ketones is 1. The molecule has 1 saturated heterocycles. The Hall–Kier alpha value is -3.68. The van der Waals surface area contributed by atoms with Crippen LogP contribution < -0.4 is 9.64 Å². The highest BCUT2D eigenvalue weighted by molar-refractivity contribution is 7.22. The van der Waals surface area contributed by atoms with E-state index in [1.165, 1.54) is 16.2 Å². The van der Waals surface area contributed by atoms with Gasteiger partial charge in [0.2, 0.25) is 0 Å². The fraction of sp³-hybridized carbons (Fsp3) is 0.115. The van der Waals surface area contributed by atoms with Crippen molar-refractivity contribution in [2.75, 3.05) is 12.0 Å². The number of aromatic nitrogens is 1. The van der Waals surface area contributed by atoms with Crippen molar-refractivity contribution in [3.63, 3.8) is 0 Å². The van der Waals surface area contributed by atoms with E-state index in [1.54, 1.807) is 61.7 Å². The van der Waals surface area contributed by atoms with Gasteiger partial charge in [0.05, 0.1) is 28.9 Å². The van der Waals surface area contributed by atoms with Crippen LogP contribution in [0.5, 0.6) is 5.75 Å². The zero-order valence-electron chi connectivity index (χ0n) is 18.3. The number of anilines is 1. The van der Waals surface area contributed by atoms with Gasteiger partial charge in [-0.3, -0.25) is 14.5 Å². The molecule has 5 rings (SSSR count). The van der Waals surface area contributed by atoms with Crippen molar-refractivity contribution in [1.29, 1.82) is 0 Å². The summed E-state index contributed by atoms with van der Waals surface area (Å²) in [4.78, 5) is 32.6. The normalized spacial score (nSPS) is 17.5. The summed E-state index contributed by atoms with van der Waals surface area (Å²) in [6.07, 6.45) is 0. The van der Waals surface area contributed by atoms with Crippen molar-refractivity contribution >= 4 is 55.7 Å². The van der Waals surface area contributed by atoms with Crippen molar-refractivity contribution in [1.82, 2.24) is 4.98 Å². The van der Waals surface area contributed by atoms with E-state index in [-0.39, 0.29) is 11.3 Å². The predicted octanol–water partition coefficient (Wildman–Crippen LogP) is 5.89. The number of hydrogen-bond acceptors (Lipinski definition) is 6. The summed E-state index contributed by atoms with van der Waals surface area (Å²) in [6, 6.07) is 18.6. The summed E-state index contributed by atoms with van der Waals surface area (Å²) in [5.74, 6) is -1.21. The Morgan fingerprint density at radius 3 is 2.59 bits per heavy atom. The molecule has 1 aliphatic heterocycles. The third-order valence-electron chi connectivity index (χ3n) is 5.72. The summed E-state index contributed by atoms with van der Waals surface area (Å²) in [6.45, 7) is 1.93. The topological polar surface area (TPSA) is 79.7 Å². The maximum absolute atomic E-state index is 13.3. The number of carbonyl (C=O) groups excluding carboxylic acids is 2. The maximum atomic E-state index is 13.3. The number of carbonyl (C=O) groups is 2. The third kappa shape index (κ3) is 3.73. The number of rotatable bonds is 4. The van der Waals surface area contributed by atoms with Crippen LogP contribution in [0.25, 0.3) is 16.0 Å². The largest absolute Gasteiger partial charge is 0.507 e. The number of fused-ring (bicyclic) bond motifs is 1. The second-order valence-corrected chi connectivity index (χ2v) is 9.37. The molecule has 1 N–H and O–H groups in total. The van der Waals surface area contributed by atoms with Crippen LogP contribution in [-0.2, 0) is 9.59 Å². The number of aryl methyl sites for hydroxylation is 1. The molecule has 0 radical (unpaired) electrons. The molecule has 170 valence electrons. The number of thiazole rings is 1. The molecule has 3 aromatic carbocycles. The number of nitrogens with zero attached hydrogens (tertiary/aromatic N) is 2. The molecule has 1 fully saturated rings. The second kappa shape index (κ2) is 8.59. The molecule has 8 heteroatoms. The summed E-state index contributed by atoms with van der Waals surface area (Å²) in [7, 11) is 1.54. The number of benzene rings is 3. The standard InChI is InChI=1S/C26H19ClN2O4S/c1-14-6-8-15(9-7-14)23(30)21-22(16-4-3-5-18(12-16)33-2)29(25(32)24(21)31)26-28-19-11-10-17(27)13-20(19)34-26/h3-13,22,30H,1-2H3/b23-21+. The van der Waals surface area contributed by atoms with Gasteiger partial charge in [0.15, 0.2) is 5.13 Å². The van der Waals surface area contributed by atoms with Crippen LogP contribution >= 0.6 is 22.9 Å². The molecule has 6 nitrogen and oxygen atoms in total. The number of amides is 1. The fourth-order valence-corrected chi connectivity index (χ4v) is 5.28. The summed E-state index contributed by atoms with van der Waals surface area (Å²) in [5, 5.41) is 12.1. The smallest absolute Gasteiger partial charge is 0.301 e. The van der Waals surface area contributed by atoms with Crippen molar-refractivity contribution < 1.29 is 19.4 Å². The van der Waals surface area contributed by atoms with Gasteiger partial charge in [0.1, 0.15) is 11.5 Å². The number of ether oxygens (including phenoxy) is 1. The van der Waals surface area contributed by atoms with E-state index >= 15 is 0 Å². The Labute approximate surface area is 204 Å². The Morgan fingerprint density at radius 2 is 1.85 bits per heavy atom. The van der Waals surface area contributed by atoms with Crippen LogP contribution in [0.4, 0.5) is 5.13 Å². The van der Waals surface area contributed by atoms with Crippen LogP contribution in [0.1, 0.15) is 22.7 Å². The molecule has 4 aromatic rings. The van der Waals surface area contributed by atoms with Gasteiger partial charge < -0.3 is 9.84 Å². The van der Waals surface area contributed by atoms with E-state index < -0.39 is 17.7 Å². The number of aliphatic hydroxyl groups is 1. The fourth-order valence-electron chi connectivity index (χ4n) is 4.01. The van der Waals surface area contributed by atoms with Gasteiger partial charge in [-0.05, 0) is 42.8 Å². The number of halogens is 1. The van der Waals surface area contributed by atoms with Gasteiger partial charge in [0, 0.05) is 10.6 Å². The molecule has 0 aliphatic carbocycles. The highest BCUT2D eigenvalue weighted by Gasteiger charge is 2.48. The van der Waals surface area contributed by atoms with E-state index in [4.69, 9.17) is 16.3 Å². The summed E-state index contributed by atoms with van der Waals surface area (Å²) >= 11 is 7.39. The molecule has 34 heavy (non-hydrogen) atoms. The highest BCUT2D eigenvalue weighted by Crippen LogP contribution is 2.45. The Kier molecular flexibility index (Phi) is 5.59. The minimum Gasteiger partial charge on any atom is -0.507 e. The molecule has 1 aliphatic rings. The van der Waals surface area contributed by atoms with Gasteiger partial charge in [-0.1, -0.05) is 64.9 Å². The molecular formula is C26H19ClN2O4S. The predicted molar refractivity (Wildman–Crippen MR) is 134 cm³/mol. The first-order chi connectivity index (χ1) is 16.4. The zero-order valence-corrected chi connectivity index (χ0v) is 19.9. The van der Waals surface area contributed by atoms with E-state index in [0.29, 0.717) is 32.5 Å². The van der Waals surface area contributed by atoms with Crippen molar-refractivity contribution in [2.24, 2.45) is 0 Å². The van der Waals surface area contributed by atoms with Crippen molar-refractivity contribution in [2.45, 2.75) is 13.0 Å². The van der Waals surface area contributed by atoms with Crippen molar-refractivity contribution in [3.05, 3.63) is 94.0 Å². The van der Waals surface area contributed by atoms with Gasteiger partial charge in [-0.25, -0.2) is 4.98 Å². The summed E-state index contributed by atoms with van der Waals surface area (Å²) in [5.41, 5.74) is 2.74. The van der Waals surface area contributed by atoms with E-state index in [0.717, 1.165) is 10.3 Å². The lowest BCUT2D eigenvalue weighted by Gasteiger charge is -2.23. The Balaban J connectivity index is 1.74. The maximum Gasteiger partial charge on any atom is 0.301 e. The number of methoxy groups -OCH3 is 1. The Morgan fingerprint density at radius 1 is 1.09 bits per heavy atom. The first-order valence-corrected chi connectivity index (χ1v) is 11.6. The van der Waals surface area contributed by atoms with Gasteiger partial charge in [0.25, 0.3) is 5.78 Å². The Bertz CT molecular complexity index is 1480. The molecule has 1 amide bonds. The highest BCUT2D eigenvalue weighted by atomic mass is 35.5. The van der Waals surface area contributed by atoms with Crippen LogP contribution in [0, 0.1) is 6.92 Å². The molecule has 0 saturated carbocycles. The second-order valence-electron chi connectivity index (χ2n) is 7.92. The van der Waals surface area contributed by atoms with E-state index in [9.17, 15) is 14.7 Å². The van der Waals surface area contributed by atoms with E-state index in [2.05, 4.69) is 4.98 Å². The lowest BCUT2D eigenvalue weighted by molar-refractivity contribution is -0.132. The number of aliphatic hydroxyl groups excluding tert-OH is 1. The third-order valence-corrected chi connectivity index (χ3v) is 6.98. The average Bonchev–Trinajstić information content (AvgIpc) is 3.37. The quantitative estimate of drug-likeness (QED) is 0.219. The lowest BCUT2D eigenvalue weighted by atomic mass is 9.95. The van der Waals surface area contributed by atoms with Crippen LogP contribution in [0.15, 0.2) is 72.3 Å². The number of Topliss-reactive ketones (excluding diaryl/α,β-unsaturated/α-hetero) is 1. The lowest BCUT2D eigenvalue weighted by Crippen LogP contribution is -2.29. The molecule has 2 heterocycles. The monoisotopic (exact) mass is 490 g/mol. The first-order valence-electron chi connectivity index (χ1n) is 10.5. The molecule has 0 bridgehead atoms. The molecular weight excluding hydrogens is 472 g/mol. The van der Waals surface area contributed by atoms with Crippen LogP contribution in [0.2, 0.25) is 5.02 Å². The van der Waals surface area contributed by atoms with Gasteiger partial charge >= 0.3 is 5.91 Å². The van der Waals surface area contributed by atoms with E-state index in [1.807, 2.05) is 19.1 Å². The molecule has 0 spiro atoms. The van der Waals surface area contributed by atoms with Crippen LogP contribution in [0.3, 0.4) is 0 Å². The van der Waals surface area contributed by atoms with Gasteiger partial charge in [-0.15, -0.1) is 0 Å². The van der Waals surface area contributed by atoms with Gasteiger partial charge in [-0.2, -0.15) is 0 Å². The summed E-state index contributed by atoms with van der Waals surface area (Å²) < 4.78 is 6.15. The van der Waals surface area contributed by atoms with Crippen molar-refractivity contribution in [3.8, 4) is 5.75 Å².